The van der Waals surface area contributed by atoms with E-state index < -0.39 is 0 Å². The van der Waals surface area contributed by atoms with Gasteiger partial charge < -0.3 is 15.4 Å². The summed E-state index contributed by atoms with van der Waals surface area (Å²) in [6.45, 7) is 1.69. The van der Waals surface area contributed by atoms with Gasteiger partial charge in [-0.25, -0.2) is 0 Å². The summed E-state index contributed by atoms with van der Waals surface area (Å²) < 4.78 is 5.34. The van der Waals surface area contributed by atoms with Gasteiger partial charge in [-0.2, -0.15) is 0 Å². The predicted octanol–water partition coefficient (Wildman–Crippen LogP) is 0.135. The molecule has 4 heteroatoms. The Morgan fingerprint density at radius 3 is 2.75 bits per heavy atom. The lowest BCUT2D eigenvalue weighted by Gasteiger charge is -2.19. The Labute approximate surface area is 96.1 Å². The number of hydrogen-bond donors (Lipinski definition) is 2. The number of rotatable bonds is 3. The van der Waals surface area contributed by atoms with E-state index >= 15 is 0 Å². The highest BCUT2D eigenvalue weighted by atomic mass is 16.5. The third-order valence-corrected chi connectivity index (χ3v) is 4.50. The first kappa shape index (κ1) is 10.5. The van der Waals surface area contributed by atoms with Crippen LogP contribution in [0.2, 0.25) is 0 Å². The smallest absolute Gasteiger partial charge is 0.224 e. The van der Waals surface area contributed by atoms with E-state index in [2.05, 4.69) is 10.6 Å². The van der Waals surface area contributed by atoms with Crippen molar-refractivity contribution in [3.05, 3.63) is 0 Å². The summed E-state index contributed by atoms with van der Waals surface area (Å²) in [6.07, 6.45) is 3.99. The number of carbonyl (C=O) groups is 1. The first-order valence-corrected chi connectivity index (χ1v) is 6.35. The Morgan fingerprint density at radius 1 is 1.31 bits per heavy atom. The third-order valence-electron chi connectivity index (χ3n) is 4.50. The van der Waals surface area contributed by atoms with E-state index in [9.17, 15) is 4.79 Å². The van der Waals surface area contributed by atoms with E-state index in [0.717, 1.165) is 13.1 Å². The molecule has 2 N–H and O–H groups in total. The molecule has 1 heterocycles. The second kappa shape index (κ2) is 4.00. The number of hydrogen-bond acceptors (Lipinski definition) is 3. The zero-order chi connectivity index (χ0) is 11.1. The Bertz CT molecular complexity index is 285. The SMILES string of the molecule is CO[C@H]1CNC[C@H]1NC(=O)C1[C@H]2CCC[C@@H]12. The van der Waals surface area contributed by atoms with Gasteiger partial charge in [0.15, 0.2) is 0 Å². The lowest BCUT2D eigenvalue weighted by molar-refractivity contribution is -0.124. The Balaban J connectivity index is 1.53. The Kier molecular flexibility index (Phi) is 2.64. The monoisotopic (exact) mass is 224 g/mol. The molecule has 5 atom stereocenters. The molecule has 0 radical (unpaired) electrons. The second-order valence-electron chi connectivity index (χ2n) is 5.33. The van der Waals surface area contributed by atoms with Crippen LogP contribution in [0.3, 0.4) is 0 Å². The van der Waals surface area contributed by atoms with Crippen LogP contribution in [-0.4, -0.2) is 38.3 Å². The third kappa shape index (κ3) is 1.64. The summed E-state index contributed by atoms with van der Waals surface area (Å²) >= 11 is 0. The minimum Gasteiger partial charge on any atom is -0.378 e. The summed E-state index contributed by atoms with van der Waals surface area (Å²) in [5, 5.41) is 6.39. The number of ether oxygens (including phenoxy) is 1. The summed E-state index contributed by atoms with van der Waals surface area (Å²) in [7, 11) is 1.71. The van der Waals surface area contributed by atoms with Gasteiger partial charge in [-0.15, -0.1) is 0 Å². The van der Waals surface area contributed by atoms with Crippen LogP contribution in [-0.2, 0) is 9.53 Å². The molecule has 1 amide bonds. The molecular weight excluding hydrogens is 204 g/mol. The molecule has 3 rings (SSSR count). The van der Waals surface area contributed by atoms with Gasteiger partial charge in [0.1, 0.15) is 0 Å². The van der Waals surface area contributed by atoms with Crippen molar-refractivity contribution in [1.29, 1.82) is 0 Å². The molecule has 1 aliphatic heterocycles. The minimum atomic E-state index is 0.141. The lowest BCUT2D eigenvalue weighted by Crippen LogP contribution is -2.44. The zero-order valence-electron chi connectivity index (χ0n) is 9.74. The second-order valence-corrected chi connectivity index (χ2v) is 5.33. The van der Waals surface area contributed by atoms with Gasteiger partial charge in [0.25, 0.3) is 0 Å². The molecule has 1 unspecified atom stereocenters. The van der Waals surface area contributed by atoms with Crippen LogP contribution in [0.1, 0.15) is 19.3 Å². The minimum absolute atomic E-state index is 0.141. The molecule has 0 aromatic heterocycles. The average Bonchev–Trinajstić information content (AvgIpc) is 2.71. The van der Waals surface area contributed by atoms with Gasteiger partial charge in [0, 0.05) is 26.1 Å². The predicted molar refractivity (Wildman–Crippen MR) is 59.9 cm³/mol. The van der Waals surface area contributed by atoms with Crippen molar-refractivity contribution in [3.8, 4) is 0 Å². The van der Waals surface area contributed by atoms with Crippen molar-refractivity contribution in [2.45, 2.75) is 31.4 Å². The fourth-order valence-electron chi connectivity index (χ4n) is 3.54. The maximum absolute atomic E-state index is 12.0. The van der Waals surface area contributed by atoms with Crippen molar-refractivity contribution in [3.63, 3.8) is 0 Å². The van der Waals surface area contributed by atoms with Crippen molar-refractivity contribution in [2.24, 2.45) is 17.8 Å². The van der Waals surface area contributed by atoms with Crippen LogP contribution < -0.4 is 10.6 Å². The fraction of sp³-hybridized carbons (Fsp3) is 0.917. The first-order chi connectivity index (χ1) is 7.81. The molecule has 90 valence electrons. The molecular formula is C12H20N2O2. The maximum Gasteiger partial charge on any atom is 0.224 e. The molecule has 0 bridgehead atoms. The molecule has 0 aromatic rings. The van der Waals surface area contributed by atoms with Crippen LogP contribution in [0, 0.1) is 17.8 Å². The molecule has 2 aliphatic carbocycles. The highest BCUT2D eigenvalue weighted by molar-refractivity contribution is 5.82. The molecule has 4 nitrogen and oxygen atoms in total. The number of nitrogens with one attached hydrogen (secondary N) is 2. The number of methoxy groups -OCH3 is 1. The molecule has 0 spiro atoms. The summed E-state index contributed by atoms with van der Waals surface area (Å²) in [5.41, 5.74) is 0. The van der Waals surface area contributed by atoms with Gasteiger partial charge in [0.2, 0.25) is 5.91 Å². The van der Waals surface area contributed by atoms with Gasteiger partial charge in [-0.1, -0.05) is 6.42 Å². The number of carbonyl (C=O) groups excluding carboxylic acids is 1. The van der Waals surface area contributed by atoms with Crippen LogP contribution in [0.25, 0.3) is 0 Å². The van der Waals surface area contributed by atoms with Crippen LogP contribution in [0.15, 0.2) is 0 Å². The quantitative estimate of drug-likeness (QED) is 0.717. The van der Waals surface area contributed by atoms with Crippen LogP contribution in [0.4, 0.5) is 0 Å². The highest BCUT2D eigenvalue weighted by Crippen LogP contribution is 2.57. The van der Waals surface area contributed by atoms with Crippen molar-refractivity contribution in [2.75, 3.05) is 20.2 Å². The van der Waals surface area contributed by atoms with Gasteiger partial charge in [0.05, 0.1) is 12.1 Å². The Morgan fingerprint density at radius 2 is 2.06 bits per heavy atom. The molecule has 1 saturated heterocycles. The van der Waals surface area contributed by atoms with Crippen molar-refractivity contribution >= 4 is 5.91 Å². The van der Waals surface area contributed by atoms with E-state index in [1.54, 1.807) is 7.11 Å². The maximum atomic E-state index is 12.0. The highest BCUT2D eigenvalue weighted by Gasteiger charge is 2.56. The first-order valence-electron chi connectivity index (χ1n) is 6.35. The van der Waals surface area contributed by atoms with Crippen LogP contribution >= 0.6 is 0 Å². The van der Waals surface area contributed by atoms with Crippen molar-refractivity contribution < 1.29 is 9.53 Å². The molecule has 0 aromatic carbocycles. The van der Waals surface area contributed by atoms with Crippen LogP contribution in [0.5, 0.6) is 0 Å². The molecule has 3 fully saturated rings. The van der Waals surface area contributed by atoms with Gasteiger partial charge in [-0.3, -0.25) is 4.79 Å². The normalized spacial score (nSPS) is 45.4. The standard InChI is InChI=1S/C12H20N2O2/c1-16-10-6-13-5-9(10)14-12(15)11-7-3-2-4-8(7)11/h7-11,13H,2-6H2,1H3,(H,14,15)/t7-,8+,9-,10+,11?/m1/s1. The average molecular weight is 224 g/mol. The fourth-order valence-corrected chi connectivity index (χ4v) is 3.54. The summed E-state index contributed by atoms with van der Waals surface area (Å²) in [4.78, 5) is 12.0. The molecule has 3 aliphatic rings. The topological polar surface area (TPSA) is 50.4 Å². The number of amides is 1. The number of fused-ring (bicyclic) bond motifs is 1. The molecule has 2 saturated carbocycles. The summed E-state index contributed by atoms with van der Waals surface area (Å²) in [5.74, 6) is 2.00. The van der Waals surface area contributed by atoms with E-state index in [4.69, 9.17) is 4.74 Å². The Hall–Kier alpha value is -0.610. The van der Waals surface area contributed by atoms with Gasteiger partial charge in [-0.05, 0) is 24.7 Å². The van der Waals surface area contributed by atoms with E-state index in [1.165, 1.54) is 19.3 Å². The van der Waals surface area contributed by atoms with E-state index in [1.807, 2.05) is 0 Å². The van der Waals surface area contributed by atoms with E-state index in [-0.39, 0.29) is 18.1 Å². The summed E-state index contributed by atoms with van der Waals surface area (Å²) in [6, 6.07) is 0.166. The largest absolute Gasteiger partial charge is 0.378 e. The van der Waals surface area contributed by atoms with E-state index in [0.29, 0.717) is 17.8 Å². The van der Waals surface area contributed by atoms with Gasteiger partial charge >= 0.3 is 0 Å². The zero-order valence-corrected chi connectivity index (χ0v) is 9.74. The lowest BCUT2D eigenvalue weighted by atomic mass is 10.1. The van der Waals surface area contributed by atoms with Crippen molar-refractivity contribution in [1.82, 2.24) is 10.6 Å². The molecule has 16 heavy (non-hydrogen) atoms.